The van der Waals surface area contributed by atoms with Gasteiger partial charge in [0.25, 0.3) is 0 Å². The predicted molar refractivity (Wildman–Crippen MR) is 79.5 cm³/mol. The standard InChI is InChI=1S/C14H26N4O/c1-5-12-17-13(15-6-2)8-14(18-12)16-9-11(19)7-10(3)4/h8,10-11,19H,5-7,9H2,1-4H3,(H2,15,16,17,18). The van der Waals surface area contributed by atoms with Crippen molar-refractivity contribution in [2.45, 2.75) is 46.6 Å². The van der Waals surface area contributed by atoms with Crippen LogP contribution >= 0.6 is 0 Å². The van der Waals surface area contributed by atoms with E-state index in [-0.39, 0.29) is 6.10 Å². The zero-order valence-corrected chi connectivity index (χ0v) is 12.4. The molecule has 5 heteroatoms. The van der Waals surface area contributed by atoms with Crippen LogP contribution in [0.4, 0.5) is 11.6 Å². The Bertz CT molecular complexity index is 382. The number of aryl methyl sites for hydroxylation is 1. The molecular weight excluding hydrogens is 240 g/mol. The minimum absolute atomic E-state index is 0.345. The summed E-state index contributed by atoms with van der Waals surface area (Å²) in [5, 5.41) is 16.2. The van der Waals surface area contributed by atoms with Gasteiger partial charge < -0.3 is 15.7 Å². The van der Waals surface area contributed by atoms with Crippen LogP contribution in [-0.4, -0.2) is 34.3 Å². The van der Waals surface area contributed by atoms with Crippen LogP contribution in [0.2, 0.25) is 0 Å². The highest BCUT2D eigenvalue weighted by atomic mass is 16.3. The molecule has 1 heterocycles. The molecule has 1 atom stereocenters. The van der Waals surface area contributed by atoms with Gasteiger partial charge in [0.05, 0.1) is 6.10 Å². The zero-order chi connectivity index (χ0) is 14.3. The molecule has 108 valence electrons. The van der Waals surface area contributed by atoms with E-state index in [1.165, 1.54) is 0 Å². The fourth-order valence-corrected chi connectivity index (χ4v) is 1.87. The molecule has 0 radical (unpaired) electrons. The Kier molecular flexibility index (Phi) is 6.56. The lowest BCUT2D eigenvalue weighted by atomic mass is 10.1. The SMILES string of the molecule is CCNc1cc(NCC(O)CC(C)C)nc(CC)n1. The normalized spacial score (nSPS) is 12.5. The van der Waals surface area contributed by atoms with Crippen LogP contribution in [-0.2, 0) is 6.42 Å². The van der Waals surface area contributed by atoms with E-state index in [2.05, 4.69) is 34.4 Å². The van der Waals surface area contributed by atoms with E-state index in [1.54, 1.807) is 0 Å². The van der Waals surface area contributed by atoms with Crippen molar-refractivity contribution >= 4 is 11.6 Å². The van der Waals surface area contributed by atoms with Crippen molar-refractivity contribution in [3.8, 4) is 0 Å². The molecular formula is C14H26N4O. The number of aliphatic hydroxyl groups is 1. The average molecular weight is 266 g/mol. The summed E-state index contributed by atoms with van der Waals surface area (Å²) in [4.78, 5) is 8.80. The molecule has 5 nitrogen and oxygen atoms in total. The number of aromatic nitrogens is 2. The third-order valence-corrected chi connectivity index (χ3v) is 2.71. The first-order valence-electron chi connectivity index (χ1n) is 7.08. The number of rotatable bonds is 8. The lowest BCUT2D eigenvalue weighted by Crippen LogP contribution is -2.22. The van der Waals surface area contributed by atoms with Crippen molar-refractivity contribution in [1.29, 1.82) is 0 Å². The largest absolute Gasteiger partial charge is 0.391 e. The fraction of sp³-hybridized carbons (Fsp3) is 0.714. The monoisotopic (exact) mass is 266 g/mol. The molecule has 0 amide bonds. The zero-order valence-electron chi connectivity index (χ0n) is 12.4. The first-order chi connectivity index (χ1) is 9.05. The Morgan fingerprint density at radius 3 is 2.32 bits per heavy atom. The highest BCUT2D eigenvalue weighted by Crippen LogP contribution is 2.12. The Morgan fingerprint density at radius 1 is 1.16 bits per heavy atom. The van der Waals surface area contributed by atoms with Crippen LogP contribution in [0.1, 0.15) is 39.9 Å². The molecule has 0 fully saturated rings. The molecule has 3 N–H and O–H groups in total. The number of hydrogen-bond donors (Lipinski definition) is 3. The number of nitrogens with zero attached hydrogens (tertiary/aromatic N) is 2. The Balaban J connectivity index is 2.63. The van der Waals surface area contributed by atoms with Crippen LogP contribution in [0, 0.1) is 5.92 Å². The van der Waals surface area contributed by atoms with Gasteiger partial charge in [0.15, 0.2) is 0 Å². The van der Waals surface area contributed by atoms with Crippen molar-refractivity contribution in [1.82, 2.24) is 9.97 Å². The fourth-order valence-electron chi connectivity index (χ4n) is 1.87. The molecule has 1 aromatic heterocycles. The molecule has 0 saturated heterocycles. The molecule has 0 aliphatic rings. The lowest BCUT2D eigenvalue weighted by molar-refractivity contribution is 0.161. The number of anilines is 2. The van der Waals surface area contributed by atoms with Crippen molar-refractivity contribution in [3.63, 3.8) is 0 Å². The minimum Gasteiger partial charge on any atom is -0.391 e. The van der Waals surface area contributed by atoms with Crippen LogP contribution in [0.25, 0.3) is 0 Å². The first-order valence-corrected chi connectivity index (χ1v) is 7.08. The average Bonchev–Trinajstić information content (AvgIpc) is 2.35. The van der Waals surface area contributed by atoms with E-state index in [9.17, 15) is 5.11 Å². The molecule has 1 rings (SSSR count). The number of aliphatic hydroxyl groups excluding tert-OH is 1. The van der Waals surface area contributed by atoms with Crippen molar-refractivity contribution in [2.75, 3.05) is 23.7 Å². The third-order valence-electron chi connectivity index (χ3n) is 2.71. The third kappa shape index (κ3) is 5.87. The second kappa shape index (κ2) is 7.94. The van der Waals surface area contributed by atoms with Gasteiger partial charge in [-0.05, 0) is 19.3 Å². The lowest BCUT2D eigenvalue weighted by Gasteiger charge is -2.15. The second-order valence-electron chi connectivity index (χ2n) is 5.10. The van der Waals surface area contributed by atoms with Gasteiger partial charge in [0, 0.05) is 25.6 Å². The van der Waals surface area contributed by atoms with E-state index in [0.717, 1.165) is 36.8 Å². The predicted octanol–water partition coefficient (Wildman–Crippen LogP) is 2.29. The summed E-state index contributed by atoms with van der Waals surface area (Å²) >= 11 is 0. The Hall–Kier alpha value is -1.36. The van der Waals surface area contributed by atoms with Crippen LogP contribution < -0.4 is 10.6 Å². The Labute approximate surface area is 115 Å². The van der Waals surface area contributed by atoms with Crippen LogP contribution in [0.15, 0.2) is 6.07 Å². The summed E-state index contributed by atoms with van der Waals surface area (Å²) in [6.07, 6.45) is 1.24. The van der Waals surface area contributed by atoms with Crippen LogP contribution in [0.5, 0.6) is 0 Å². The molecule has 1 unspecified atom stereocenters. The summed E-state index contributed by atoms with van der Waals surface area (Å²) in [6, 6.07) is 1.88. The molecule has 0 aliphatic heterocycles. The van der Waals surface area contributed by atoms with Gasteiger partial charge >= 0.3 is 0 Å². The maximum atomic E-state index is 9.86. The number of nitrogens with one attached hydrogen (secondary N) is 2. The molecule has 0 aliphatic carbocycles. The summed E-state index contributed by atoms with van der Waals surface area (Å²) in [7, 11) is 0. The first kappa shape index (κ1) is 15.7. The van der Waals surface area contributed by atoms with Gasteiger partial charge in [0.2, 0.25) is 0 Å². The van der Waals surface area contributed by atoms with Gasteiger partial charge in [-0.1, -0.05) is 20.8 Å². The Morgan fingerprint density at radius 2 is 1.79 bits per heavy atom. The molecule has 0 saturated carbocycles. The molecule has 0 aromatic carbocycles. The smallest absolute Gasteiger partial charge is 0.132 e. The van der Waals surface area contributed by atoms with E-state index in [0.29, 0.717) is 12.5 Å². The van der Waals surface area contributed by atoms with Gasteiger partial charge in [-0.15, -0.1) is 0 Å². The molecule has 19 heavy (non-hydrogen) atoms. The quantitative estimate of drug-likeness (QED) is 0.673. The van der Waals surface area contributed by atoms with E-state index >= 15 is 0 Å². The highest BCUT2D eigenvalue weighted by molar-refractivity contribution is 5.47. The molecule has 1 aromatic rings. The van der Waals surface area contributed by atoms with E-state index in [4.69, 9.17) is 0 Å². The number of hydrogen-bond acceptors (Lipinski definition) is 5. The summed E-state index contributed by atoms with van der Waals surface area (Å²) in [6.45, 7) is 9.62. The van der Waals surface area contributed by atoms with Crippen molar-refractivity contribution < 1.29 is 5.11 Å². The van der Waals surface area contributed by atoms with Crippen molar-refractivity contribution in [2.24, 2.45) is 5.92 Å². The van der Waals surface area contributed by atoms with Crippen LogP contribution in [0.3, 0.4) is 0 Å². The summed E-state index contributed by atoms with van der Waals surface area (Å²) in [5.74, 6) is 2.89. The topological polar surface area (TPSA) is 70.1 Å². The second-order valence-corrected chi connectivity index (χ2v) is 5.10. The van der Waals surface area contributed by atoms with Gasteiger partial charge in [-0.3, -0.25) is 0 Å². The van der Waals surface area contributed by atoms with Crippen molar-refractivity contribution in [3.05, 3.63) is 11.9 Å². The highest BCUT2D eigenvalue weighted by Gasteiger charge is 2.08. The van der Waals surface area contributed by atoms with Gasteiger partial charge in [0.1, 0.15) is 17.5 Å². The molecule has 0 bridgehead atoms. The summed E-state index contributed by atoms with van der Waals surface area (Å²) in [5.41, 5.74) is 0. The maximum absolute atomic E-state index is 9.86. The minimum atomic E-state index is -0.345. The van der Waals surface area contributed by atoms with Gasteiger partial charge in [-0.2, -0.15) is 0 Å². The maximum Gasteiger partial charge on any atom is 0.132 e. The van der Waals surface area contributed by atoms with E-state index < -0.39 is 0 Å². The summed E-state index contributed by atoms with van der Waals surface area (Å²) < 4.78 is 0. The molecule has 0 spiro atoms. The van der Waals surface area contributed by atoms with E-state index in [1.807, 2.05) is 19.9 Å². The van der Waals surface area contributed by atoms with Gasteiger partial charge in [-0.25, -0.2) is 9.97 Å².